The number of rotatable bonds is 7. The van der Waals surface area contributed by atoms with Gasteiger partial charge < -0.3 is 4.90 Å². The van der Waals surface area contributed by atoms with E-state index in [9.17, 15) is 4.79 Å². The van der Waals surface area contributed by atoms with Crippen molar-refractivity contribution in [1.82, 2.24) is 9.88 Å². The zero-order valence-electron chi connectivity index (χ0n) is 10.7. The molecule has 0 radical (unpaired) electrons. The lowest BCUT2D eigenvalue weighted by atomic mass is 10.3. The minimum atomic E-state index is 0.208. The summed E-state index contributed by atoms with van der Waals surface area (Å²) in [5.74, 6) is 1.38. The van der Waals surface area contributed by atoms with E-state index in [0.717, 1.165) is 36.1 Å². The number of hydrogen-bond donors (Lipinski definition) is 0. The fourth-order valence-corrected chi connectivity index (χ4v) is 2.95. The molecule has 0 aliphatic heterocycles. The van der Waals surface area contributed by atoms with Crippen LogP contribution in [0.25, 0.3) is 0 Å². The average Bonchev–Trinajstić information content (AvgIpc) is 3.06. The highest BCUT2D eigenvalue weighted by atomic mass is 35.5. The smallest absolute Gasteiger partial charge is 0.229 e. The van der Waals surface area contributed by atoms with Crippen molar-refractivity contribution in [2.45, 2.75) is 38.5 Å². The van der Waals surface area contributed by atoms with Crippen molar-refractivity contribution >= 4 is 28.8 Å². The predicted octanol–water partition coefficient (Wildman–Crippen LogP) is 3.07. The van der Waals surface area contributed by atoms with Gasteiger partial charge >= 0.3 is 0 Å². The lowest BCUT2D eigenvalue weighted by Crippen LogP contribution is -2.34. The van der Waals surface area contributed by atoms with Crippen molar-refractivity contribution in [2.75, 3.05) is 13.1 Å². The number of hydrogen-bond acceptors (Lipinski definition) is 3. The second-order valence-electron chi connectivity index (χ2n) is 4.83. The number of carbonyl (C=O) groups excluding carboxylic acids is 1. The maximum absolute atomic E-state index is 12.2. The molecule has 1 fully saturated rings. The highest BCUT2D eigenvalue weighted by Crippen LogP contribution is 2.30. The zero-order chi connectivity index (χ0) is 13.0. The summed E-state index contributed by atoms with van der Waals surface area (Å²) in [6.07, 6.45) is 4.00. The number of halogens is 1. The molecule has 1 heterocycles. The molecule has 2 rings (SSSR count). The van der Waals surface area contributed by atoms with Gasteiger partial charge in [0.25, 0.3) is 0 Å². The maximum atomic E-state index is 12.2. The Hall–Kier alpha value is -0.610. The Morgan fingerprint density at radius 3 is 2.94 bits per heavy atom. The van der Waals surface area contributed by atoms with E-state index in [2.05, 4.69) is 11.9 Å². The van der Waals surface area contributed by atoms with Gasteiger partial charge in [-0.2, -0.15) is 0 Å². The van der Waals surface area contributed by atoms with Crippen LogP contribution >= 0.6 is 22.9 Å². The molecule has 100 valence electrons. The topological polar surface area (TPSA) is 33.2 Å². The van der Waals surface area contributed by atoms with E-state index in [1.54, 1.807) is 0 Å². The van der Waals surface area contributed by atoms with Crippen LogP contribution in [0.4, 0.5) is 0 Å². The minimum absolute atomic E-state index is 0.208. The van der Waals surface area contributed by atoms with Crippen LogP contribution in [-0.2, 0) is 17.1 Å². The molecular weight excluding hydrogens is 268 g/mol. The second kappa shape index (κ2) is 6.53. The van der Waals surface area contributed by atoms with Crippen LogP contribution in [0.2, 0.25) is 0 Å². The molecule has 0 spiro atoms. The molecule has 1 amide bonds. The summed E-state index contributed by atoms with van der Waals surface area (Å²) < 4.78 is 0. The Morgan fingerprint density at radius 1 is 1.61 bits per heavy atom. The highest BCUT2D eigenvalue weighted by Gasteiger charge is 2.26. The van der Waals surface area contributed by atoms with Gasteiger partial charge in [-0.25, -0.2) is 4.98 Å². The van der Waals surface area contributed by atoms with Crippen molar-refractivity contribution < 1.29 is 4.79 Å². The predicted molar refractivity (Wildman–Crippen MR) is 75.0 cm³/mol. The average molecular weight is 287 g/mol. The van der Waals surface area contributed by atoms with Crippen LogP contribution in [0.3, 0.4) is 0 Å². The molecule has 5 heteroatoms. The third-order valence-electron chi connectivity index (χ3n) is 3.06. The number of alkyl halides is 1. The summed E-state index contributed by atoms with van der Waals surface area (Å²) in [7, 11) is 0. The monoisotopic (exact) mass is 286 g/mol. The molecule has 0 bridgehead atoms. The fraction of sp³-hybridized carbons (Fsp3) is 0.692. The Balaban J connectivity index is 1.90. The van der Waals surface area contributed by atoms with Gasteiger partial charge in [0.05, 0.1) is 18.0 Å². The molecule has 18 heavy (non-hydrogen) atoms. The van der Waals surface area contributed by atoms with E-state index in [1.165, 1.54) is 24.2 Å². The summed E-state index contributed by atoms with van der Waals surface area (Å²) >= 11 is 7.24. The largest absolute Gasteiger partial charge is 0.342 e. The molecule has 1 saturated carbocycles. The minimum Gasteiger partial charge on any atom is -0.342 e. The highest BCUT2D eigenvalue weighted by molar-refractivity contribution is 7.09. The van der Waals surface area contributed by atoms with Crippen molar-refractivity contribution in [3.05, 3.63) is 16.1 Å². The first-order chi connectivity index (χ1) is 8.72. The van der Waals surface area contributed by atoms with E-state index >= 15 is 0 Å². The first-order valence-corrected chi connectivity index (χ1v) is 7.91. The molecule has 1 aliphatic carbocycles. The molecule has 0 N–H and O–H groups in total. The van der Waals surface area contributed by atoms with Gasteiger partial charge in [-0.05, 0) is 25.2 Å². The molecule has 0 atom stereocenters. The van der Waals surface area contributed by atoms with E-state index in [1.807, 2.05) is 10.3 Å². The molecule has 0 saturated heterocycles. The van der Waals surface area contributed by atoms with Crippen LogP contribution in [-0.4, -0.2) is 28.9 Å². The Bertz CT molecular complexity index is 403. The standard InChI is InChI=1S/C13H19ClN2OS/c1-2-5-16(8-10-3-4-10)13(17)6-12-15-11(7-14)9-18-12/h9-10H,2-8H2,1H3. The summed E-state index contributed by atoms with van der Waals surface area (Å²) in [6.45, 7) is 3.91. The molecule has 1 aliphatic rings. The Morgan fingerprint density at radius 2 is 2.39 bits per heavy atom. The zero-order valence-corrected chi connectivity index (χ0v) is 12.3. The van der Waals surface area contributed by atoms with E-state index in [0.29, 0.717) is 12.3 Å². The number of nitrogens with zero attached hydrogens (tertiary/aromatic N) is 2. The normalized spacial score (nSPS) is 14.8. The van der Waals surface area contributed by atoms with Crippen LogP contribution in [0, 0.1) is 5.92 Å². The number of carbonyl (C=O) groups is 1. The molecular formula is C13H19ClN2OS. The third kappa shape index (κ3) is 3.95. The lowest BCUT2D eigenvalue weighted by Gasteiger charge is -2.21. The fourth-order valence-electron chi connectivity index (χ4n) is 1.93. The molecule has 3 nitrogen and oxygen atoms in total. The molecule has 1 aromatic rings. The van der Waals surface area contributed by atoms with Gasteiger partial charge in [0.1, 0.15) is 5.01 Å². The number of amides is 1. The first kappa shape index (κ1) is 13.8. The van der Waals surface area contributed by atoms with Crippen molar-refractivity contribution in [3.63, 3.8) is 0 Å². The van der Waals surface area contributed by atoms with Crippen molar-refractivity contribution in [2.24, 2.45) is 5.92 Å². The van der Waals surface area contributed by atoms with Crippen molar-refractivity contribution in [3.8, 4) is 0 Å². The first-order valence-electron chi connectivity index (χ1n) is 6.50. The van der Waals surface area contributed by atoms with E-state index in [-0.39, 0.29) is 5.91 Å². The van der Waals surface area contributed by atoms with E-state index < -0.39 is 0 Å². The van der Waals surface area contributed by atoms with Gasteiger partial charge in [0, 0.05) is 18.5 Å². The van der Waals surface area contributed by atoms with Gasteiger partial charge in [-0.15, -0.1) is 22.9 Å². The SMILES string of the molecule is CCCN(CC1CC1)C(=O)Cc1nc(CCl)cs1. The molecule has 0 unspecified atom stereocenters. The van der Waals surface area contributed by atoms with Gasteiger partial charge in [-0.3, -0.25) is 4.79 Å². The Labute approximate surface area is 117 Å². The lowest BCUT2D eigenvalue weighted by molar-refractivity contribution is -0.130. The number of thiazole rings is 1. The third-order valence-corrected chi connectivity index (χ3v) is 4.23. The number of aromatic nitrogens is 1. The van der Waals surface area contributed by atoms with Crippen molar-refractivity contribution in [1.29, 1.82) is 0 Å². The second-order valence-corrected chi connectivity index (χ2v) is 6.04. The van der Waals surface area contributed by atoms with Crippen LogP contribution < -0.4 is 0 Å². The van der Waals surface area contributed by atoms with Crippen LogP contribution in [0.5, 0.6) is 0 Å². The van der Waals surface area contributed by atoms with Crippen LogP contribution in [0.1, 0.15) is 36.9 Å². The molecule has 1 aromatic heterocycles. The summed E-state index contributed by atoms with van der Waals surface area (Å²) in [4.78, 5) is 18.6. The van der Waals surface area contributed by atoms with Gasteiger partial charge in [-0.1, -0.05) is 6.92 Å². The molecule has 0 aromatic carbocycles. The summed E-state index contributed by atoms with van der Waals surface area (Å²) in [6, 6.07) is 0. The van der Waals surface area contributed by atoms with Gasteiger partial charge in [0.2, 0.25) is 5.91 Å². The van der Waals surface area contributed by atoms with E-state index in [4.69, 9.17) is 11.6 Å². The van der Waals surface area contributed by atoms with Crippen LogP contribution in [0.15, 0.2) is 5.38 Å². The van der Waals surface area contributed by atoms with Gasteiger partial charge in [0.15, 0.2) is 0 Å². The quantitative estimate of drug-likeness (QED) is 0.722. The summed E-state index contributed by atoms with van der Waals surface area (Å²) in [5, 5.41) is 2.81. The maximum Gasteiger partial charge on any atom is 0.229 e. The Kier molecular flexibility index (Phi) is 5.01. The summed E-state index contributed by atoms with van der Waals surface area (Å²) in [5.41, 5.74) is 0.869.